The van der Waals surface area contributed by atoms with Crippen molar-refractivity contribution in [3.63, 3.8) is 0 Å². The number of aliphatic hydroxyl groups is 1. The predicted octanol–water partition coefficient (Wildman–Crippen LogP) is 1.62. The fourth-order valence-corrected chi connectivity index (χ4v) is 5.16. The van der Waals surface area contributed by atoms with Crippen LogP contribution < -0.4 is 0 Å². The number of alkyl halides is 1. The van der Waals surface area contributed by atoms with Crippen LogP contribution in [0, 0.1) is 11.6 Å². The van der Waals surface area contributed by atoms with E-state index in [2.05, 4.69) is 15.5 Å². The Morgan fingerprint density at radius 2 is 1.90 bits per heavy atom. The third-order valence-corrected chi connectivity index (χ3v) is 6.97. The molecule has 0 bridgehead atoms. The van der Waals surface area contributed by atoms with Gasteiger partial charge in [-0.05, 0) is 25.0 Å². The number of benzene rings is 1. The van der Waals surface area contributed by atoms with E-state index >= 15 is 4.39 Å². The van der Waals surface area contributed by atoms with Crippen LogP contribution >= 0.6 is 0 Å². The molecule has 0 amide bonds. The zero-order valence-corrected chi connectivity index (χ0v) is 16.6. The van der Waals surface area contributed by atoms with Gasteiger partial charge in [-0.1, -0.05) is 10.4 Å². The van der Waals surface area contributed by atoms with Gasteiger partial charge in [0.2, 0.25) is 0 Å². The number of sulfone groups is 1. The molecule has 0 saturated carbocycles. The summed E-state index contributed by atoms with van der Waals surface area (Å²) in [5.74, 6) is -3.07. The summed E-state index contributed by atoms with van der Waals surface area (Å²) in [6.45, 7) is 0.0191. The van der Waals surface area contributed by atoms with Gasteiger partial charge < -0.3 is 9.94 Å². The molecule has 8 nitrogen and oxygen atoms in total. The van der Waals surface area contributed by atoms with Crippen molar-refractivity contribution in [2.45, 2.75) is 44.2 Å². The molecule has 162 valence electrons. The van der Waals surface area contributed by atoms with Crippen molar-refractivity contribution in [1.82, 2.24) is 15.0 Å². The van der Waals surface area contributed by atoms with Crippen molar-refractivity contribution >= 4 is 15.5 Å². The summed E-state index contributed by atoms with van der Waals surface area (Å²) < 4.78 is 69.1. The molecule has 2 aliphatic rings. The maximum atomic E-state index is 15.2. The molecule has 4 rings (SSSR count). The van der Waals surface area contributed by atoms with E-state index in [0.717, 1.165) is 12.1 Å². The van der Waals surface area contributed by atoms with Gasteiger partial charge in [-0.25, -0.2) is 26.3 Å². The van der Waals surface area contributed by atoms with Crippen LogP contribution in [0.15, 0.2) is 23.5 Å². The monoisotopic (exact) mass is 444 g/mol. The quantitative estimate of drug-likeness (QED) is 0.751. The zero-order valence-electron chi connectivity index (χ0n) is 15.8. The summed E-state index contributed by atoms with van der Waals surface area (Å²) in [5, 5.41) is 20.5. The van der Waals surface area contributed by atoms with Crippen molar-refractivity contribution in [3.8, 4) is 0 Å². The first-order valence-electron chi connectivity index (χ1n) is 9.31. The number of nitrogens with zero attached hydrogens (tertiary/aromatic N) is 4. The minimum atomic E-state index is -3.39. The van der Waals surface area contributed by atoms with Crippen molar-refractivity contribution in [2.24, 2.45) is 5.16 Å². The fourth-order valence-electron chi connectivity index (χ4n) is 3.69. The van der Waals surface area contributed by atoms with E-state index in [1.165, 1.54) is 4.68 Å². The topological polar surface area (TPSA) is 107 Å². The second kappa shape index (κ2) is 7.65. The van der Waals surface area contributed by atoms with Crippen LogP contribution in [0.25, 0.3) is 0 Å². The number of rotatable bonds is 5. The Kier molecular flexibility index (Phi) is 5.30. The standard InChI is InChI=1S/C18H19F3N4O4S/c19-14-5-11(6-15(20)17(14)18(21)1-3-30(27,28)4-2-18)16-7-13(29-23-16)9-25-8-12(10-26)22-24-25/h5-6,8,13,26H,1-4,7,9-10H2/t13-/m1/s1. The molecule has 30 heavy (non-hydrogen) atoms. The van der Waals surface area contributed by atoms with Gasteiger partial charge >= 0.3 is 0 Å². The molecule has 0 spiro atoms. The highest BCUT2D eigenvalue weighted by Crippen LogP contribution is 2.41. The molecular formula is C18H19F3N4O4S. The van der Waals surface area contributed by atoms with E-state index in [1.807, 2.05) is 0 Å². The molecule has 1 atom stereocenters. The normalized spacial score (nSPS) is 22.5. The number of oxime groups is 1. The van der Waals surface area contributed by atoms with Gasteiger partial charge in [-0.2, -0.15) is 0 Å². The lowest BCUT2D eigenvalue weighted by Crippen LogP contribution is -2.35. The lowest BCUT2D eigenvalue weighted by Gasteiger charge is -2.30. The number of aromatic nitrogens is 3. The summed E-state index contributed by atoms with van der Waals surface area (Å²) in [4.78, 5) is 5.29. The first kappa shape index (κ1) is 20.8. The summed E-state index contributed by atoms with van der Waals surface area (Å²) in [6.07, 6.45) is 0.367. The molecule has 1 fully saturated rings. The SMILES string of the molecule is O=S1(=O)CCC(F)(c2c(F)cc(C3=NO[C@@H](Cn4cc(CO)nn4)C3)cc2F)CC1. The molecule has 1 N–H and O–H groups in total. The van der Waals surface area contributed by atoms with Crippen LogP contribution in [0.3, 0.4) is 0 Å². The minimum absolute atomic E-state index is 0.123. The lowest BCUT2D eigenvalue weighted by molar-refractivity contribution is 0.0693. The molecule has 12 heteroatoms. The number of hydrogen-bond donors (Lipinski definition) is 1. The van der Waals surface area contributed by atoms with E-state index in [9.17, 15) is 17.2 Å². The van der Waals surface area contributed by atoms with Gasteiger partial charge in [0.05, 0.1) is 42.1 Å². The van der Waals surface area contributed by atoms with E-state index in [0.29, 0.717) is 11.4 Å². The summed E-state index contributed by atoms with van der Waals surface area (Å²) in [7, 11) is -3.39. The Hall–Kier alpha value is -2.47. The highest BCUT2D eigenvalue weighted by atomic mass is 32.2. The zero-order chi connectivity index (χ0) is 21.5. The Bertz CT molecular complexity index is 1070. The van der Waals surface area contributed by atoms with Crippen molar-refractivity contribution in [2.75, 3.05) is 11.5 Å². The number of hydrogen-bond acceptors (Lipinski definition) is 7. The molecular weight excluding hydrogens is 425 g/mol. The van der Waals surface area contributed by atoms with E-state index in [1.54, 1.807) is 6.20 Å². The smallest absolute Gasteiger partial charge is 0.152 e. The average Bonchev–Trinajstić information content (AvgIpc) is 3.34. The van der Waals surface area contributed by atoms with Crippen LogP contribution in [0.1, 0.15) is 36.1 Å². The van der Waals surface area contributed by atoms with Crippen LogP contribution in [0.5, 0.6) is 0 Å². The van der Waals surface area contributed by atoms with Crippen LogP contribution in [-0.4, -0.2) is 51.8 Å². The molecule has 0 unspecified atom stereocenters. The second-order valence-electron chi connectivity index (χ2n) is 7.49. The van der Waals surface area contributed by atoms with Gasteiger partial charge in [0.25, 0.3) is 0 Å². The molecule has 1 aromatic carbocycles. The third-order valence-electron chi connectivity index (χ3n) is 5.31. The van der Waals surface area contributed by atoms with Crippen LogP contribution in [0.2, 0.25) is 0 Å². The predicted molar refractivity (Wildman–Crippen MR) is 99.0 cm³/mol. The van der Waals surface area contributed by atoms with Gasteiger partial charge in [-0.15, -0.1) is 5.10 Å². The highest BCUT2D eigenvalue weighted by Gasteiger charge is 2.43. The molecule has 1 aromatic heterocycles. The minimum Gasteiger partial charge on any atom is -0.390 e. The summed E-state index contributed by atoms with van der Waals surface area (Å²) in [6, 6.07) is 1.99. The number of halogens is 3. The van der Waals surface area contributed by atoms with Gasteiger partial charge in [0.15, 0.2) is 15.9 Å². The summed E-state index contributed by atoms with van der Waals surface area (Å²) >= 11 is 0. The second-order valence-corrected chi connectivity index (χ2v) is 9.80. The van der Waals surface area contributed by atoms with Crippen LogP contribution in [0.4, 0.5) is 13.2 Å². The fraction of sp³-hybridized carbons (Fsp3) is 0.500. The van der Waals surface area contributed by atoms with E-state index < -0.39 is 63.2 Å². The van der Waals surface area contributed by atoms with E-state index in [-0.39, 0.29) is 25.1 Å². The van der Waals surface area contributed by atoms with Crippen LogP contribution in [-0.2, 0) is 33.5 Å². The maximum absolute atomic E-state index is 15.2. The molecule has 2 aliphatic heterocycles. The van der Waals surface area contributed by atoms with Crippen molar-refractivity contribution in [1.29, 1.82) is 0 Å². The van der Waals surface area contributed by atoms with Crippen molar-refractivity contribution in [3.05, 3.63) is 46.8 Å². The van der Waals surface area contributed by atoms with E-state index in [4.69, 9.17) is 9.94 Å². The molecule has 0 radical (unpaired) electrons. The average molecular weight is 444 g/mol. The first-order valence-corrected chi connectivity index (χ1v) is 11.1. The third kappa shape index (κ3) is 4.06. The first-order chi connectivity index (χ1) is 14.2. The van der Waals surface area contributed by atoms with Gasteiger partial charge in [-0.3, -0.25) is 0 Å². The Morgan fingerprint density at radius 1 is 1.23 bits per heavy atom. The molecule has 2 aromatic rings. The maximum Gasteiger partial charge on any atom is 0.152 e. The Morgan fingerprint density at radius 3 is 2.50 bits per heavy atom. The summed E-state index contributed by atoms with van der Waals surface area (Å²) in [5.41, 5.74) is -2.30. The van der Waals surface area contributed by atoms with Crippen molar-refractivity contribution < 1.29 is 31.5 Å². The highest BCUT2D eigenvalue weighted by molar-refractivity contribution is 7.91. The van der Waals surface area contributed by atoms with Gasteiger partial charge in [0.1, 0.15) is 23.0 Å². The lowest BCUT2D eigenvalue weighted by atomic mass is 9.87. The molecule has 0 aliphatic carbocycles. The molecule has 3 heterocycles. The number of aliphatic hydroxyl groups excluding tert-OH is 1. The largest absolute Gasteiger partial charge is 0.390 e. The Balaban J connectivity index is 1.50. The molecule has 1 saturated heterocycles. The Labute approximate surface area is 170 Å². The van der Waals surface area contributed by atoms with Gasteiger partial charge in [0, 0.05) is 12.0 Å².